The van der Waals surface area contributed by atoms with E-state index in [9.17, 15) is 4.79 Å². The molecule has 0 bridgehead atoms. The molecule has 0 spiro atoms. The topological polar surface area (TPSA) is 29.5 Å². The molecule has 0 aliphatic carbocycles. The molecule has 20 heavy (non-hydrogen) atoms. The molecule has 2 heterocycles. The minimum atomic E-state index is 0.151. The van der Waals surface area contributed by atoms with Gasteiger partial charge in [0.25, 0.3) is 0 Å². The molecular weight excluding hydrogens is 250 g/mol. The third kappa shape index (κ3) is 2.11. The lowest BCUT2D eigenvalue weighted by Gasteiger charge is -2.42. The summed E-state index contributed by atoms with van der Waals surface area (Å²) in [5.74, 6) is 1.13. The zero-order valence-corrected chi connectivity index (χ0v) is 12.1. The van der Waals surface area contributed by atoms with Crippen molar-refractivity contribution in [3.63, 3.8) is 0 Å². The number of rotatable bonds is 1. The van der Waals surface area contributed by atoms with Gasteiger partial charge in [-0.05, 0) is 32.8 Å². The maximum absolute atomic E-state index is 12.7. The van der Waals surface area contributed by atoms with Gasteiger partial charge in [0.05, 0.1) is 12.6 Å². The van der Waals surface area contributed by atoms with Crippen LogP contribution in [-0.4, -0.2) is 23.5 Å². The van der Waals surface area contributed by atoms with E-state index < -0.39 is 0 Å². The lowest BCUT2D eigenvalue weighted by molar-refractivity contribution is -0.134. The van der Waals surface area contributed by atoms with E-state index in [2.05, 4.69) is 17.9 Å². The summed E-state index contributed by atoms with van der Waals surface area (Å²) in [6, 6.07) is 8.54. The van der Waals surface area contributed by atoms with Gasteiger partial charge >= 0.3 is 0 Å². The lowest BCUT2D eigenvalue weighted by Crippen LogP contribution is -2.46. The van der Waals surface area contributed by atoms with Gasteiger partial charge < -0.3 is 9.64 Å². The fraction of sp³-hybridized carbons (Fsp3) is 0.471. The Kier molecular flexibility index (Phi) is 3.51. The summed E-state index contributed by atoms with van der Waals surface area (Å²) in [6.07, 6.45) is 4.79. The summed E-state index contributed by atoms with van der Waals surface area (Å²) in [5, 5.41) is 0. The summed E-state index contributed by atoms with van der Waals surface area (Å²) < 4.78 is 5.72. The van der Waals surface area contributed by atoms with Gasteiger partial charge in [0.2, 0.25) is 5.91 Å². The van der Waals surface area contributed by atoms with E-state index in [1.807, 2.05) is 31.2 Å². The van der Waals surface area contributed by atoms with Gasteiger partial charge in [-0.3, -0.25) is 4.79 Å². The Morgan fingerprint density at radius 2 is 2.10 bits per heavy atom. The molecule has 2 aliphatic rings. The van der Waals surface area contributed by atoms with Gasteiger partial charge in [0.15, 0.2) is 0 Å². The summed E-state index contributed by atoms with van der Waals surface area (Å²) in [6.45, 7) is 4.80. The summed E-state index contributed by atoms with van der Waals surface area (Å²) in [7, 11) is 0. The third-order valence-corrected chi connectivity index (χ3v) is 4.43. The Bertz CT molecular complexity index is 550. The van der Waals surface area contributed by atoms with E-state index in [-0.39, 0.29) is 11.9 Å². The number of benzene rings is 1. The number of hydrogen-bond acceptors (Lipinski definition) is 2. The fourth-order valence-electron chi connectivity index (χ4n) is 3.31. The van der Waals surface area contributed by atoms with E-state index in [1.54, 1.807) is 0 Å². The Labute approximate surface area is 120 Å². The maximum atomic E-state index is 12.7. The smallest absolute Gasteiger partial charge is 0.250 e. The van der Waals surface area contributed by atoms with Crippen molar-refractivity contribution in [2.75, 3.05) is 6.61 Å². The van der Waals surface area contributed by atoms with Crippen LogP contribution in [0.15, 0.2) is 35.9 Å². The molecule has 3 rings (SSSR count). The van der Waals surface area contributed by atoms with Crippen molar-refractivity contribution in [3.8, 4) is 5.75 Å². The number of nitrogens with zero attached hydrogens (tertiary/aromatic N) is 1. The lowest BCUT2D eigenvalue weighted by atomic mass is 9.91. The highest BCUT2D eigenvalue weighted by molar-refractivity contribution is 5.94. The molecule has 1 saturated heterocycles. The first kappa shape index (κ1) is 13.2. The van der Waals surface area contributed by atoms with Crippen molar-refractivity contribution in [2.24, 2.45) is 0 Å². The van der Waals surface area contributed by atoms with Crippen LogP contribution < -0.4 is 4.74 Å². The largest absolute Gasteiger partial charge is 0.493 e. The molecule has 2 atom stereocenters. The molecule has 1 fully saturated rings. The predicted octanol–water partition coefficient (Wildman–Crippen LogP) is 3.47. The van der Waals surface area contributed by atoms with E-state index in [1.165, 1.54) is 0 Å². The van der Waals surface area contributed by atoms with Gasteiger partial charge in [-0.25, -0.2) is 0 Å². The van der Waals surface area contributed by atoms with Crippen LogP contribution in [-0.2, 0) is 4.79 Å². The quantitative estimate of drug-likeness (QED) is 0.732. The highest BCUT2D eigenvalue weighted by Crippen LogP contribution is 2.39. The second kappa shape index (κ2) is 5.31. The first-order valence-electron chi connectivity index (χ1n) is 7.42. The van der Waals surface area contributed by atoms with Gasteiger partial charge in [0, 0.05) is 23.6 Å². The van der Waals surface area contributed by atoms with Crippen molar-refractivity contribution in [1.82, 2.24) is 4.90 Å². The first-order chi connectivity index (χ1) is 9.72. The minimum absolute atomic E-state index is 0.151. The second-order valence-corrected chi connectivity index (χ2v) is 5.60. The molecule has 0 radical (unpaired) electrons. The molecule has 0 saturated carbocycles. The maximum Gasteiger partial charge on any atom is 0.250 e. The van der Waals surface area contributed by atoms with Crippen molar-refractivity contribution in [1.29, 1.82) is 0 Å². The Morgan fingerprint density at radius 3 is 2.90 bits per heavy atom. The molecule has 0 aromatic heterocycles. The molecule has 106 valence electrons. The number of hydrogen-bond donors (Lipinski definition) is 0. The SMILES string of the molecule is C/C=C1\CC[C@@H](C)N(C2CCOc3ccccc32)C1=O. The van der Waals surface area contributed by atoms with Crippen LogP contribution >= 0.6 is 0 Å². The molecule has 1 aromatic rings. The third-order valence-electron chi connectivity index (χ3n) is 4.43. The van der Waals surface area contributed by atoms with Crippen molar-refractivity contribution >= 4 is 5.91 Å². The number of para-hydroxylation sites is 1. The van der Waals surface area contributed by atoms with Crippen LogP contribution in [0.1, 0.15) is 44.7 Å². The highest BCUT2D eigenvalue weighted by atomic mass is 16.5. The molecule has 2 aliphatic heterocycles. The predicted molar refractivity (Wildman–Crippen MR) is 78.6 cm³/mol. The Balaban J connectivity index is 1.98. The molecule has 0 N–H and O–H groups in total. The van der Waals surface area contributed by atoms with E-state index in [0.29, 0.717) is 12.6 Å². The number of carbonyl (C=O) groups excluding carboxylic acids is 1. The number of fused-ring (bicyclic) bond motifs is 1. The van der Waals surface area contributed by atoms with Crippen LogP contribution in [0, 0.1) is 0 Å². The van der Waals surface area contributed by atoms with Gasteiger partial charge in [-0.15, -0.1) is 0 Å². The Hall–Kier alpha value is -1.77. The van der Waals surface area contributed by atoms with Gasteiger partial charge in [-0.1, -0.05) is 24.3 Å². The molecule has 3 heteroatoms. The number of ether oxygens (including phenoxy) is 1. The number of piperidine rings is 1. The van der Waals surface area contributed by atoms with Gasteiger partial charge in [0.1, 0.15) is 5.75 Å². The fourth-order valence-corrected chi connectivity index (χ4v) is 3.31. The molecule has 3 nitrogen and oxygen atoms in total. The molecule has 1 unspecified atom stereocenters. The molecular formula is C17H21NO2. The van der Waals surface area contributed by atoms with Crippen molar-refractivity contribution < 1.29 is 9.53 Å². The zero-order chi connectivity index (χ0) is 14.1. The Morgan fingerprint density at radius 1 is 1.30 bits per heavy atom. The normalized spacial score (nSPS) is 28.2. The average Bonchev–Trinajstić information content (AvgIpc) is 2.48. The van der Waals surface area contributed by atoms with Crippen LogP contribution in [0.25, 0.3) is 0 Å². The van der Waals surface area contributed by atoms with Crippen LogP contribution in [0.4, 0.5) is 0 Å². The number of amides is 1. The first-order valence-corrected chi connectivity index (χ1v) is 7.42. The number of likely N-dealkylation sites (tertiary alicyclic amines) is 1. The monoisotopic (exact) mass is 271 g/mol. The standard InChI is InChI=1S/C17H21NO2/c1-3-13-9-8-12(2)18(17(13)19)15-10-11-20-16-7-5-4-6-14(15)16/h3-7,12,15H,8-11H2,1-2H3/b13-3+/t12-,15?/m1/s1. The van der Waals surface area contributed by atoms with Crippen molar-refractivity contribution in [3.05, 3.63) is 41.5 Å². The summed E-state index contributed by atoms with van der Waals surface area (Å²) in [4.78, 5) is 14.8. The van der Waals surface area contributed by atoms with E-state index >= 15 is 0 Å². The summed E-state index contributed by atoms with van der Waals surface area (Å²) >= 11 is 0. The number of allylic oxidation sites excluding steroid dienone is 1. The summed E-state index contributed by atoms with van der Waals surface area (Å²) in [5.41, 5.74) is 2.10. The van der Waals surface area contributed by atoms with E-state index in [0.717, 1.165) is 36.1 Å². The van der Waals surface area contributed by atoms with Gasteiger partial charge in [-0.2, -0.15) is 0 Å². The average molecular weight is 271 g/mol. The molecule has 1 amide bonds. The minimum Gasteiger partial charge on any atom is -0.493 e. The van der Waals surface area contributed by atoms with Crippen LogP contribution in [0.3, 0.4) is 0 Å². The number of carbonyl (C=O) groups is 1. The highest BCUT2D eigenvalue weighted by Gasteiger charge is 2.36. The van der Waals surface area contributed by atoms with Crippen LogP contribution in [0.5, 0.6) is 5.75 Å². The molecule has 1 aromatic carbocycles. The van der Waals surface area contributed by atoms with Crippen LogP contribution in [0.2, 0.25) is 0 Å². The zero-order valence-electron chi connectivity index (χ0n) is 12.1. The van der Waals surface area contributed by atoms with E-state index in [4.69, 9.17) is 4.74 Å². The van der Waals surface area contributed by atoms with Crippen molar-refractivity contribution in [2.45, 2.75) is 45.2 Å². The second-order valence-electron chi connectivity index (χ2n) is 5.60.